The van der Waals surface area contributed by atoms with E-state index in [4.69, 9.17) is 4.74 Å². The predicted molar refractivity (Wildman–Crippen MR) is 80.2 cm³/mol. The lowest BCUT2D eigenvalue weighted by molar-refractivity contribution is 0.0478. The second-order valence-corrected chi connectivity index (χ2v) is 5.10. The largest absolute Gasteiger partial charge is 0.507 e. The highest BCUT2D eigenvalue weighted by atomic mass is 16.5. The van der Waals surface area contributed by atoms with Gasteiger partial charge < -0.3 is 9.84 Å². The van der Waals surface area contributed by atoms with Gasteiger partial charge in [-0.1, -0.05) is 48.5 Å². The van der Waals surface area contributed by atoms with E-state index in [1.54, 1.807) is 0 Å². The van der Waals surface area contributed by atoms with Gasteiger partial charge in [-0.2, -0.15) is 0 Å². The molecule has 0 atom stereocenters. The number of carbonyl (C=O) groups excluding carboxylic acids is 1. The zero-order valence-electron chi connectivity index (χ0n) is 11.2. The quantitative estimate of drug-likeness (QED) is 0.634. The molecule has 1 aliphatic rings. The van der Waals surface area contributed by atoms with Gasteiger partial charge in [0.05, 0.1) is 5.56 Å². The summed E-state index contributed by atoms with van der Waals surface area (Å²) in [5, 5.41) is 11.8. The fourth-order valence-corrected chi connectivity index (χ4v) is 2.92. The molecule has 0 fully saturated rings. The third-order valence-corrected chi connectivity index (χ3v) is 3.89. The van der Waals surface area contributed by atoms with Gasteiger partial charge in [-0.25, -0.2) is 4.79 Å². The zero-order chi connectivity index (χ0) is 14.4. The Kier molecular flexibility index (Phi) is 2.48. The third-order valence-electron chi connectivity index (χ3n) is 3.89. The van der Waals surface area contributed by atoms with Crippen LogP contribution in [0.3, 0.4) is 0 Å². The summed E-state index contributed by atoms with van der Waals surface area (Å²) in [7, 11) is 0. The van der Waals surface area contributed by atoms with Crippen molar-refractivity contribution in [2.45, 2.75) is 6.61 Å². The summed E-state index contributed by atoms with van der Waals surface area (Å²) >= 11 is 0. The molecule has 0 aliphatic carbocycles. The zero-order valence-corrected chi connectivity index (χ0v) is 11.2. The number of aromatic hydroxyl groups is 1. The third kappa shape index (κ3) is 1.71. The van der Waals surface area contributed by atoms with Crippen molar-refractivity contribution in [3.63, 3.8) is 0 Å². The standard InChI is InChI=1S/C18H12O3/c19-16-9-15-17(14-8-4-3-7-13(14)16)12-6-2-1-5-11(12)10-21-18(15)20/h1-9,19H,10H2. The number of phenolic OH excluding ortho intramolecular Hbond substituents is 1. The van der Waals surface area contributed by atoms with Crippen molar-refractivity contribution in [1.82, 2.24) is 0 Å². The molecule has 21 heavy (non-hydrogen) atoms. The molecule has 0 amide bonds. The first-order valence-electron chi connectivity index (χ1n) is 6.76. The molecule has 3 nitrogen and oxygen atoms in total. The molecule has 0 spiro atoms. The summed E-state index contributed by atoms with van der Waals surface area (Å²) in [6.07, 6.45) is 0. The van der Waals surface area contributed by atoms with Crippen molar-refractivity contribution in [3.8, 4) is 16.9 Å². The van der Waals surface area contributed by atoms with Gasteiger partial charge in [0, 0.05) is 10.9 Å². The molecule has 4 rings (SSSR count). The molecule has 0 saturated carbocycles. The first kappa shape index (κ1) is 12.0. The lowest BCUT2D eigenvalue weighted by atomic mass is 9.91. The predicted octanol–water partition coefficient (Wildman–Crippen LogP) is 3.88. The molecule has 0 unspecified atom stereocenters. The summed E-state index contributed by atoms with van der Waals surface area (Å²) in [5.74, 6) is -0.303. The maximum Gasteiger partial charge on any atom is 0.339 e. The molecule has 0 aromatic heterocycles. The summed E-state index contributed by atoms with van der Waals surface area (Å²) in [6, 6.07) is 16.9. The van der Waals surface area contributed by atoms with Crippen LogP contribution < -0.4 is 0 Å². The van der Waals surface area contributed by atoms with Crippen LogP contribution >= 0.6 is 0 Å². The van der Waals surface area contributed by atoms with Crippen LogP contribution in [0, 0.1) is 0 Å². The molecule has 1 heterocycles. The number of rotatable bonds is 0. The number of hydrogen-bond acceptors (Lipinski definition) is 3. The van der Waals surface area contributed by atoms with Gasteiger partial charge >= 0.3 is 5.97 Å². The fraction of sp³-hybridized carbons (Fsp3) is 0.0556. The SMILES string of the molecule is O=C1OCc2ccccc2-c2c1cc(O)c1ccccc21. The number of cyclic esters (lactones) is 1. The Bertz CT molecular complexity index is 881. The second kappa shape index (κ2) is 4.35. The molecule has 0 saturated heterocycles. The van der Waals surface area contributed by atoms with E-state index in [1.807, 2.05) is 48.5 Å². The van der Waals surface area contributed by atoms with Crippen molar-refractivity contribution in [2.24, 2.45) is 0 Å². The molecule has 0 bridgehead atoms. The van der Waals surface area contributed by atoms with Crippen LogP contribution in [0.15, 0.2) is 54.6 Å². The van der Waals surface area contributed by atoms with E-state index < -0.39 is 5.97 Å². The summed E-state index contributed by atoms with van der Waals surface area (Å²) < 4.78 is 5.31. The van der Waals surface area contributed by atoms with Crippen LogP contribution in [-0.4, -0.2) is 11.1 Å². The van der Waals surface area contributed by atoms with Crippen molar-refractivity contribution < 1.29 is 14.6 Å². The average Bonchev–Trinajstić information content (AvgIpc) is 2.66. The van der Waals surface area contributed by atoms with E-state index >= 15 is 0 Å². The Labute approximate surface area is 121 Å². The number of phenols is 1. The summed E-state index contributed by atoms with van der Waals surface area (Å²) in [4.78, 5) is 12.2. The number of ether oxygens (including phenoxy) is 1. The molecule has 3 aromatic carbocycles. The number of benzene rings is 3. The van der Waals surface area contributed by atoms with Crippen LogP contribution in [-0.2, 0) is 11.3 Å². The molecular formula is C18H12O3. The Morgan fingerprint density at radius 2 is 1.62 bits per heavy atom. The highest BCUT2D eigenvalue weighted by Crippen LogP contribution is 2.40. The van der Waals surface area contributed by atoms with Gasteiger partial charge in [-0.05, 0) is 22.6 Å². The summed E-state index contributed by atoms with van der Waals surface area (Å²) in [6.45, 7) is 0.249. The minimum Gasteiger partial charge on any atom is -0.507 e. The van der Waals surface area contributed by atoms with Gasteiger partial charge in [0.15, 0.2) is 0 Å². The molecular weight excluding hydrogens is 264 g/mol. The highest BCUT2D eigenvalue weighted by Gasteiger charge is 2.24. The normalized spacial score (nSPS) is 13.2. The summed E-state index contributed by atoms with van der Waals surface area (Å²) in [5.41, 5.74) is 3.20. The first-order valence-corrected chi connectivity index (χ1v) is 6.76. The molecule has 1 aliphatic heterocycles. The van der Waals surface area contributed by atoms with Crippen molar-refractivity contribution in [2.75, 3.05) is 0 Å². The van der Waals surface area contributed by atoms with E-state index in [2.05, 4.69) is 0 Å². The van der Waals surface area contributed by atoms with E-state index in [9.17, 15) is 9.90 Å². The maximum absolute atomic E-state index is 12.2. The van der Waals surface area contributed by atoms with E-state index in [0.717, 1.165) is 27.5 Å². The van der Waals surface area contributed by atoms with Crippen LogP contribution in [0.5, 0.6) is 5.75 Å². The molecule has 3 aromatic rings. The molecule has 1 N–H and O–H groups in total. The average molecular weight is 276 g/mol. The molecule has 102 valence electrons. The monoisotopic (exact) mass is 276 g/mol. The van der Waals surface area contributed by atoms with E-state index in [0.29, 0.717) is 5.56 Å². The number of hydrogen-bond donors (Lipinski definition) is 1. The van der Waals surface area contributed by atoms with Gasteiger partial charge in [-0.15, -0.1) is 0 Å². The number of esters is 1. The topological polar surface area (TPSA) is 46.5 Å². The first-order chi connectivity index (χ1) is 10.3. The number of carbonyl (C=O) groups is 1. The molecule has 3 heteroatoms. The van der Waals surface area contributed by atoms with Crippen molar-refractivity contribution in [3.05, 3.63) is 65.7 Å². The van der Waals surface area contributed by atoms with E-state index in [-0.39, 0.29) is 12.4 Å². The molecule has 0 radical (unpaired) electrons. The van der Waals surface area contributed by atoms with Crippen molar-refractivity contribution in [1.29, 1.82) is 0 Å². The van der Waals surface area contributed by atoms with Crippen molar-refractivity contribution >= 4 is 16.7 Å². The lowest BCUT2D eigenvalue weighted by Gasteiger charge is -2.12. The number of fused-ring (bicyclic) bond motifs is 5. The highest BCUT2D eigenvalue weighted by molar-refractivity contribution is 6.11. The second-order valence-electron chi connectivity index (χ2n) is 5.10. The van der Waals surface area contributed by atoms with Gasteiger partial charge in [0.1, 0.15) is 12.4 Å². The van der Waals surface area contributed by atoms with Crippen LogP contribution in [0.4, 0.5) is 0 Å². The van der Waals surface area contributed by atoms with Gasteiger partial charge in [-0.3, -0.25) is 0 Å². The minimum absolute atomic E-state index is 0.0979. The Balaban J connectivity index is 2.21. The Hall–Kier alpha value is -2.81. The smallest absolute Gasteiger partial charge is 0.339 e. The van der Waals surface area contributed by atoms with Crippen LogP contribution in [0.1, 0.15) is 15.9 Å². The lowest BCUT2D eigenvalue weighted by Crippen LogP contribution is -2.03. The van der Waals surface area contributed by atoms with Gasteiger partial charge in [0.25, 0.3) is 0 Å². The minimum atomic E-state index is -0.401. The van der Waals surface area contributed by atoms with Gasteiger partial charge in [0.2, 0.25) is 0 Å². The van der Waals surface area contributed by atoms with E-state index in [1.165, 1.54) is 6.07 Å². The fourth-order valence-electron chi connectivity index (χ4n) is 2.92. The Morgan fingerprint density at radius 3 is 2.48 bits per heavy atom. The maximum atomic E-state index is 12.2. The van der Waals surface area contributed by atoms with Crippen LogP contribution in [0.2, 0.25) is 0 Å². The Morgan fingerprint density at radius 1 is 0.905 bits per heavy atom. The van der Waals surface area contributed by atoms with Crippen LogP contribution in [0.25, 0.3) is 21.9 Å².